The van der Waals surface area contributed by atoms with Gasteiger partial charge >= 0.3 is 0 Å². The van der Waals surface area contributed by atoms with Crippen molar-refractivity contribution in [1.82, 2.24) is 4.57 Å². The molecule has 16 heavy (non-hydrogen) atoms. The monoisotopic (exact) mass is 215 g/mol. The van der Waals surface area contributed by atoms with Crippen LogP contribution in [0.25, 0.3) is 0 Å². The first-order valence-electron chi connectivity index (χ1n) is 5.68. The van der Waals surface area contributed by atoms with E-state index in [1.165, 1.54) is 5.56 Å². The van der Waals surface area contributed by atoms with Crippen LogP contribution in [0.3, 0.4) is 0 Å². The van der Waals surface area contributed by atoms with Crippen molar-refractivity contribution in [2.75, 3.05) is 0 Å². The number of rotatable bonds is 4. The van der Waals surface area contributed by atoms with E-state index in [9.17, 15) is 0 Å². The molecule has 2 aromatic rings. The average Bonchev–Trinajstić information content (AvgIpc) is 2.68. The summed E-state index contributed by atoms with van der Waals surface area (Å²) in [5, 5.41) is 0. The molecule has 0 atom stereocenters. The van der Waals surface area contributed by atoms with Gasteiger partial charge in [-0.2, -0.15) is 0 Å². The Hall–Kier alpha value is -1.70. The molecular formula is C14H17NO. The van der Waals surface area contributed by atoms with Gasteiger partial charge < -0.3 is 9.30 Å². The Morgan fingerprint density at radius 3 is 2.62 bits per heavy atom. The van der Waals surface area contributed by atoms with Gasteiger partial charge in [0.15, 0.2) is 5.88 Å². The Bertz CT molecular complexity index is 459. The molecule has 0 bridgehead atoms. The van der Waals surface area contributed by atoms with E-state index in [4.69, 9.17) is 4.74 Å². The molecule has 0 aliphatic heterocycles. The Labute approximate surface area is 96.5 Å². The number of ether oxygens (including phenoxy) is 1. The van der Waals surface area contributed by atoms with Crippen molar-refractivity contribution in [2.45, 2.75) is 19.8 Å². The van der Waals surface area contributed by atoms with Crippen molar-refractivity contribution in [3.05, 3.63) is 48.2 Å². The van der Waals surface area contributed by atoms with Gasteiger partial charge in [0.05, 0.1) is 0 Å². The van der Waals surface area contributed by atoms with Crippen LogP contribution >= 0.6 is 0 Å². The molecule has 0 radical (unpaired) electrons. The first-order valence-corrected chi connectivity index (χ1v) is 5.68. The number of aryl methyl sites for hydroxylation is 2. The van der Waals surface area contributed by atoms with Crippen LogP contribution in [-0.2, 0) is 13.5 Å². The highest BCUT2D eigenvalue weighted by Gasteiger charge is 2.04. The molecule has 0 aliphatic carbocycles. The summed E-state index contributed by atoms with van der Waals surface area (Å²) in [6.45, 7) is 2.18. The summed E-state index contributed by atoms with van der Waals surface area (Å²) in [5.74, 6) is 1.84. The van der Waals surface area contributed by atoms with Crippen LogP contribution in [0.5, 0.6) is 11.6 Å². The van der Waals surface area contributed by atoms with Gasteiger partial charge in [0.2, 0.25) is 0 Å². The normalized spacial score (nSPS) is 10.4. The summed E-state index contributed by atoms with van der Waals surface area (Å²) in [5.41, 5.74) is 1.27. The highest BCUT2D eigenvalue weighted by molar-refractivity contribution is 5.36. The standard InChI is InChI=1S/C14H17NO/c1-3-7-12-8-4-5-9-13(12)16-14-10-6-11-15(14)2/h4-6,8-11H,3,7H2,1-2H3. The van der Waals surface area contributed by atoms with Crippen molar-refractivity contribution in [3.63, 3.8) is 0 Å². The number of hydrogen-bond acceptors (Lipinski definition) is 1. The molecule has 84 valence electrons. The highest BCUT2D eigenvalue weighted by atomic mass is 16.5. The minimum absolute atomic E-state index is 0.878. The van der Waals surface area contributed by atoms with Crippen LogP contribution in [0.2, 0.25) is 0 Å². The topological polar surface area (TPSA) is 14.2 Å². The summed E-state index contributed by atoms with van der Waals surface area (Å²) in [6.07, 6.45) is 4.17. The van der Waals surface area contributed by atoms with Gasteiger partial charge in [-0.15, -0.1) is 0 Å². The molecule has 0 unspecified atom stereocenters. The predicted molar refractivity (Wildman–Crippen MR) is 65.9 cm³/mol. The second-order valence-electron chi connectivity index (χ2n) is 3.92. The van der Waals surface area contributed by atoms with Crippen molar-refractivity contribution in [2.24, 2.45) is 7.05 Å². The van der Waals surface area contributed by atoms with E-state index in [2.05, 4.69) is 19.1 Å². The lowest BCUT2D eigenvalue weighted by atomic mass is 10.1. The Kier molecular flexibility index (Phi) is 3.30. The predicted octanol–water partition coefficient (Wildman–Crippen LogP) is 3.77. The molecule has 0 saturated heterocycles. The largest absolute Gasteiger partial charge is 0.441 e. The lowest BCUT2D eigenvalue weighted by molar-refractivity contribution is 0.438. The molecule has 2 nitrogen and oxygen atoms in total. The molecule has 0 saturated carbocycles. The zero-order valence-corrected chi connectivity index (χ0v) is 9.81. The fourth-order valence-corrected chi connectivity index (χ4v) is 1.74. The van der Waals surface area contributed by atoms with Crippen LogP contribution < -0.4 is 4.74 Å². The third kappa shape index (κ3) is 2.27. The third-order valence-electron chi connectivity index (χ3n) is 2.60. The van der Waals surface area contributed by atoms with E-state index in [-0.39, 0.29) is 0 Å². The maximum atomic E-state index is 5.90. The van der Waals surface area contributed by atoms with E-state index in [1.54, 1.807) is 0 Å². The van der Waals surface area contributed by atoms with Crippen molar-refractivity contribution in [3.8, 4) is 11.6 Å². The number of para-hydroxylation sites is 1. The molecule has 1 aromatic carbocycles. The van der Waals surface area contributed by atoms with Crippen LogP contribution in [-0.4, -0.2) is 4.57 Å². The van der Waals surface area contributed by atoms with Crippen LogP contribution in [0.15, 0.2) is 42.6 Å². The van der Waals surface area contributed by atoms with Gasteiger partial charge in [0.1, 0.15) is 5.75 Å². The molecular weight excluding hydrogens is 198 g/mol. The lowest BCUT2D eigenvalue weighted by Gasteiger charge is -2.10. The first-order chi connectivity index (χ1) is 7.81. The number of aromatic nitrogens is 1. The summed E-state index contributed by atoms with van der Waals surface area (Å²) in [4.78, 5) is 0. The molecule has 0 aliphatic rings. The minimum Gasteiger partial charge on any atom is -0.441 e. The quantitative estimate of drug-likeness (QED) is 0.757. The first kappa shape index (κ1) is 10.8. The van der Waals surface area contributed by atoms with Gasteiger partial charge in [-0.25, -0.2) is 0 Å². The van der Waals surface area contributed by atoms with Crippen LogP contribution in [0.1, 0.15) is 18.9 Å². The van der Waals surface area contributed by atoms with Crippen molar-refractivity contribution < 1.29 is 4.74 Å². The molecule has 1 heterocycles. The number of nitrogens with zero attached hydrogens (tertiary/aromatic N) is 1. The Morgan fingerprint density at radius 2 is 1.94 bits per heavy atom. The van der Waals surface area contributed by atoms with Crippen molar-refractivity contribution in [1.29, 1.82) is 0 Å². The minimum atomic E-state index is 0.878. The van der Waals surface area contributed by atoms with E-state index in [0.29, 0.717) is 0 Å². The SMILES string of the molecule is CCCc1ccccc1Oc1cccn1C. The van der Waals surface area contributed by atoms with Crippen LogP contribution in [0.4, 0.5) is 0 Å². The van der Waals surface area contributed by atoms with Gasteiger partial charge in [0.25, 0.3) is 0 Å². The average molecular weight is 215 g/mol. The van der Waals surface area contributed by atoms with Gasteiger partial charge in [-0.1, -0.05) is 31.5 Å². The second-order valence-corrected chi connectivity index (χ2v) is 3.92. The van der Waals surface area contributed by atoms with E-state index < -0.39 is 0 Å². The molecule has 2 rings (SSSR count). The molecule has 0 fully saturated rings. The van der Waals surface area contributed by atoms with Gasteiger partial charge in [0, 0.05) is 19.3 Å². The second kappa shape index (κ2) is 4.88. The molecule has 2 heteroatoms. The maximum Gasteiger partial charge on any atom is 0.199 e. The lowest BCUT2D eigenvalue weighted by Crippen LogP contribution is -1.95. The fraction of sp³-hybridized carbons (Fsp3) is 0.286. The molecule has 0 spiro atoms. The molecule has 0 amide bonds. The fourth-order valence-electron chi connectivity index (χ4n) is 1.74. The summed E-state index contributed by atoms with van der Waals surface area (Å²) in [7, 11) is 1.98. The summed E-state index contributed by atoms with van der Waals surface area (Å²) in [6, 6.07) is 12.2. The van der Waals surface area contributed by atoms with Crippen molar-refractivity contribution >= 4 is 0 Å². The van der Waals surface area contributed by atoms with E-state index in [0.717, 1.165) is 24.5 Å². The maximum absolute atomic E-state index is 5.90. The highest BCUT2D eigenvalue weighted by Crippen LogP contribution is 2.25. The number of benzene rings is 1. The Morgan fingerprint density at radius 1 is 1.12 bits per heavy atom. The molecule has 1 aromatic heterocycles. The smallest absolute Gasteiger partial charge is 0.199 e. The van der Waals surface area contributed by atoms with Gasteiger partial charge in [-0.05, 0) is 24.1 Å². The third-order valence-corrected chi connectivity index (χ3v) is 2.60. The van der Waals surface area contributed by atoms with Gasteiger partial charge in [-0.3, -0.25) is 0 Å². The summed E-state index contributed by atoms with van der Waals surface area (Å²) < 4.78 is 7.87. The van der Waals surface area contributed by atoms with E-state index in [1.807, 2.05) is 42.1 Å². The zero-order valence-electron chi connectivity index (χ0n) is 9.81. The van der Waals surface area contributed by atoms with E-state index >= 15 is 0 Å². The van der Waals surface area contributed by atoms with Crippen LogP contribution in [0, 0.1) is 0 Å². The Balaban J connectivity index is 2.24. The number of hydrogen-bond donors (Lipinski definition) is 0. The summed E-state index contributed by atoms with van der Waals surface area (Å²) >= 11 is 0. The molecule has 0 N–H and O–H groups in total. The zero-order chi connectivity index (χ0) is 11.4.